The summed E-state index contributed by atoms with van der Waals surface area (Å²) in [5, 5.41) is 7.79. The van der Waals surface area contributed by atoms with E-state index in [2.05, 4.69) is 68.4 Å². The Morgan fingerprint density at radius 2 is 2.13 bits per heavy atom. The average molecular weight is 406 g/mol. The number of imidazole rings is 1. The van der Waals surface area contributed by atoms with Gasteiger partial charge < -0.3 is 14.8 Å². The molecule has 1 atom stereocenters. The first kappa shape index (κ1) is 20.2. The number of rotatable bonds is 7. The summed E-state index contributed by atoms with van der Waals surface area (Å²) in [7, 11) is 1.98. The summed E-state index contributed by atoms with van der Waals surface area (Å²) in [6.07, 6.45) is 10.0. The van der Waals surface area contributed by atoms with Gasteiger partial charge in [-0.25, -0.2) is 4.98 Å². The van der Waals surface area contributed by atoms with Crippen LogP contribution < -0.4 is 5.32 Å². The molecule has 1 fully saturated rings. The van der Waals surface area contributed by atoms with Crippen molar-refractivity contribution in [3.63, 3.8) is 0 Å². The molecule has 0 bridgehead atoms. The van der Waals surface area contributed by atoms with Crippen molar-refractivity contribution < 1.29 is 0 Å². The first-order valence-corrected chi connectivity index (χ1v) is 10.8. The maximum atomic E-state index is 4.91. The number of nitrogens with zero attached hydrogens (tertiary/aromatic N) is 6. The van der Waals surface area contributed by atoms with E-state index in [4.69, 9.17) is 4.99 Å². The predicted octanol–water partition coefficient (Wildman–Crippen LogP) is 2.66. The van der Waals surface area contributed by atoms with Gasteiger partial charge in [0.05, 0.1) is 6.20 Å². The Kier molecular flexibility index (Phi) is 6.47. The fourth-order valence-corrected chi connectivity index (χ4v) is 4.06. The lowest BCUT2D eigenvalue weighted by Crippen LogP contribution is -2.40. The monoisotopic (exact) mass is 405 g/mol. The number of likely N-dealkylation sites (tertiary alicyclic amines) is 1. The van der Waals surface area contributed by atoms with Crippen LogP contribution in [0.4, 0.5) is 0 Å². The topological polar surface area (TPSA) is 63.3 Å². The molecule has 7 nitrogen and oxygen atoms in total. The summed E-state index contributed by atoms with van der Waals surface area (Å²) in [6.45, 7) is 6.57. The minimum atomic E-state index is 0.521. The third-order valence-electron chi connectivity index (χ3n) is 5.61. The SMILES string of the molecule is CCNC(=NCCc1nccn1Cc1ccccc1)N1CCC(c2cnn(C)c2)C1. The summed E-state index contributed by atoms with van der Waals surface area (Å²) >= 11 is 0. The van der Waals surface area contributed by atoms with E-state index in [1.54, 1.807) is 0 Å². The molecule has 0 aliphatic carbocycles. The first-order valence-electron chi connectivity index (χ1n) is 10.8. The summed E-state index contributed by atoms with van der Waals surface area (Å²) in [5.74, 6) is 2.60. The molecule has 1 aliphatic rings. The van der Waals surface area contributed by atoms with Crippen LogP contribution in [-0.2, 0) is 20.0 Å². The molecule has 2 aromatic heterocycles. The number of hydrogen-bond acceptors (Lipinski definition) is 3. The molecule has 0 amide bonds. The van der Waals surface area contributed by atoms with Gasteiger partial charge in [0.1, 0.15) is 5.82 Å². The van der Waals surface area contributed by atoms with Gasteiger partial charge in [0.25, 0.3) is 0 Å². The van der Waals surface area contributed by atoms with Crippen LogP contribution in [0.1, 0.15) is 36.2 Å². The van der Waals surface area contributed by atoms with E-state index in [0.29, 0.717) is 5.92 Å². The molecule has 3 aromatic rings. The fourth-order valence-electron chi connectivity index (χ4n) is 4.06. The third-order valence-corrected chi connectivity index (χ3v) is 5.61. The largest absolute Gasteiger partial charge is 0.357 e. The molecule has 1 aliphatic heterocycles. The van der Waals surface area contributed by atoms with Crippen LogP contribution in [0.3, 0.4) is 0 Å². The van der Waals surface area contributed by atoms with Crippen molar-refractivity contribution >= 4 is 5.96 Å². The van der Waals surface area contributed by atoms with Crippen molar-refractivity contribution in [3.05, 3.63) is 72.1 Å². The van der Waals surface area contributed by atoms with E-state index in [1.807, 2.05) is 30.2 Å². The normalized spacial score (nSPS) is 16.9. The number of nitrogens with one attached hydrogen (secondary N) is 1. The van der Waals surface area contributed by atoms with Gasteiger partial charge in [-0.15, -0.1) is 0 Å². The molecular weight excluding hydrogens is 374 g/mol. The molecule has 0 radical (unpaired) electrons. The molecule has 30 heavy (non-hydrogen) atoms. The van der Waals surface area contributed by atoms with Gasteiger partial charge in [-0.1, -0.05) is 30.3 Å². The summed E-state index contributed by atoms with van der Waals surface area (Å²) < 4.78 is 4.10. The first-order chi connectivity index (χ1) is 14.7. The van der Waals surface area contributed by atoms with Crippen molar-refractivity contribution in [3.8, 4) is 0 Å². The van der Waals surface area contributed by atoms with Crippen molar-refractivity contribution in [2.45, 2.75) is 32.2 Å². The molecule has 1 saturated heterocycles. The Bertz CT molecular complexity index is 957. The summed E-state index contributed by atoms with van der Waals surface area (Å²) in [4.78, 5) is 11.8. The number of guanidine groups is 1. The molecule has 4 rings (SSSR count). The number of aromatic nitrogens is 4. The lowest BCUT2D eigenvalue weighted by Gasteiger charge is -2.21. The second kappa shape index (κ2) is 9.61. The third kappa shape index (κ3) is 4.90. The number of hydrogen-bond donors (Lipinski definition) is 1. The zero-order valence-electron chi connectivity index (χ0n) is 17.9. The van der Waals surface area contributed by atoms with Gasteiger partial charge in [-0.3, -0.25) is 9.67 Å². The molecule has 1 unspecified atom stereocenters. The van der Waals surface area contributed by atoms with Crippen LogP contribution >= 0.6 is 0 Å². The van der Waals surface area contributed by atoms with Gasteiger partial charge in [-0.05, 0) is 24.5 Å². The maximum Gasteiger partial charge on any atom is 0.193 e. The Balaban J connectivity index is 1.37. The Morgan fingerprint density at radius 1 is 1.27 bits per heavy atom. The lowest BCUT2D eigenvalue weighted by molar-refractivity contribution is 0.486. The van der Waals surface area contributed by atoms with Crippen molar-refractivity contribution in [2.24, 2.45) is 12.0 Å². The molecule has 158 valence electrons. The minimum absolute atomic E-state index is 0.521. The smallest absolute Gasteiger partial charge is 0.193 e. The maximum absolute atomic E-state index is 4.91. The van der Waals surface area contributed by atoms with E-state index in [9.17, 15) is 0 Å². The number of aliphatic imine (C=N–C) groups is 1. The molecule has 1 aromatic carbocycles. The number of benzene rings is 1. The van der Waals surface area contributed by atoms with Crippen LogP contribution in [0.15, 0.2) is 60.1 Å². The molecular formula is C23H31N7. The lowest BCUT2D eigenvalue weighted by atomic mass is 10.0. The van der Waals surface area contributed by atoms with E-state index in [-0.39, 0.29) is 0 Å². The van der Waals surface area contributed by atoms with E-state index >= 15 is 0 Å². The molecule has 1 N–H and O–H groups in total. The van der Waals surface area contributed by atoms with Crippen molar-refractivity contribution in [2.75, 3.05) is 26.2 Å². The highest BCUT2D eigenvalue weighted by Gasteiger charge is 2.26. The van der Waals surface area contributed by atoms with Gasteiger partial charge in [0.15, 0.2) is 5.96 Å². The standard InChI is InChI=1S/C23H31N7/c1-3-24-23(30-13-10-20(18-30)21-15-27-28(2)17-21)26-11-9-22-25-12-14-29(22)16-19-7-5-4-6-8-19/h4-8,12,14-15,17,20H,3,9-11,13,16,18H2,1-2H3,(H,24,26). The van der Waals surface area contributed by atoms with Crippen LogP contribution in [0, 0.1) is 0 Å². The summed E-state index contributed by atoms with van der Waals surface area (Å²) in [6, 6.07) is 10.5. The quantitative estimate of drug-likeness (QED) is 0.485. The van der Waals surface area contributed by atoms with Crippen LogP contribution in [0.2, 0.25) is 0 Å². The van der Waals surface area contributed by atoms with Crippen LogP contribution in [0.5, 0.6) is 0 Å². The minimum Gasteiger partial charge on any atom is -0.357 e. The number of aryl methyl sites for hydroxylation is 1. The van der Waals surface area contributed by atoms with Crippen LogP contribution in [0.25, 0.3) is 0 Å². The second-order valence-electron chi connectivity index (χ2n) is 7.82. The van der Waals surface area contributed by atoms with E-state index < -0.39 is 0 Å². The Morgan fingerprint density at radius 3 is 2.90 bits per heavy atom. The van der Waals surface area contributed by atoms with Crippen molar-refractivity contribution in [1.29, 1.82) is 0 Å². The fraction of sp³-hybridized carbons (Fsp3) is 0.435. The van der Waals surface area contributed by atoms with Gasteiger partial charge >= 0.3 is 0 Å². The molecule has 0 spiro atoms. The Labute approximate surface area is 178 Å². The summed E-state index contributed by atoms with van der Waals surface area (Å²) in [5.41, 5.74) is 2.60. The molecule has 0 saturated carbocycles. The van der Waals surface area contributed by atoms with E-state index in [1.165, 1.54) is 11.1 Å². The van der Waals surface area contributed by atoms with Gasteiger partial charge in [-0.2, -0.15) is 5.10 Å². The van der Waals surface area contributed by atoms with Crippen LogP contribution in [-0.4, -0.2) is 56.4 Å². The molecule has 3 heterocycles. The van der Waals surface area contributed by atoms with Crippen molar-refractivity contribution in [1.82, 2.24) is 29.5 Å². The van der Waals surface area contributed by atoms with Gasteiger partial charge in [0, 0.05) is 70.7 Å². The Hall–Kier alpha value is -3.09. The molecule has 7 heteroatoms. The zero-order chi connectivity index (χ0) is 20.8. The van der Waals surface area contributed by atoms with Gasteiger partial charge in [0.2, 0.25) is 0 Å². The van der Waals surface area contributed by atoms with E-state index in [0.717, 1.165) is 57.3 Å². The highest BCUT2D eigenvalue weighted by molar-refractivity contribution is 5.80. The zero-order valence-corrected chi connectivity index (χ0v) is 17.9. The second-order valence-corrected chi connectivity index (χ2v) is 7.82. The highest BCUT2D eigenvalue weighted by atomic mass is 15.3. The average Bonchev–Trinajstić information content (AvgIpc) is 3.50. The highest BCUT2D eigenvalue weighted by Crippen LogP contribution is 2.26. The predicted molar refractivity (Wildman–Crippen MR) is 120 cm³/mol.